The van der Waals surface area contributed by atoms with Crippen LogP contribution in [0.4, 0.5) is 4.79 Å². The first-order valence-corrected chi connectivity index (χ1v) is 9.16. The Kier molecular flexibility index (Phi) is 4.93. The number of urea groups is 1. The fraction of sp³-hybridized carbons (Fsp3) is 0.467. The van der Waals surface area contributed by atoms with Crippen molar-refractivity contribution in [3.63, 3.8) is 0 Å². The summed E-state index contributed by atoms with van der Waals surface area (Å²) >= 11 is 0. The highest BCUT2D eigenvalue weighted by atomic mass is 32.2. The highest BCUT2D eigenvalue weighted by Crippen LogP contribution is 2.38. The molecule has 0 aromatic heterocycles. The van der Waals surface area contributed by atoms with Gasteiger partial charge in [-0.1, -0.05) is 18.6 Å². The minimum absolute atomic E-state index is 0.107. The molecule has 1 fully saturated rings. The second kappa shape index (κ2) is 6.57. The summed E-state index contributed by atoms with van der Waals surface area (Å²) in [5, 5.41) is 14.0. The second-order valence-electron chi connectivity index (χ2n) is 5.85. The summed E-state index contributed by atoms with van der Waals surface area (Å²) in [4.78, 5) is 22.5. The van der Waals surface area contributed by atoms with Gasteiger partial charge < -0.3 is 15.7 Å². The number of carbonyl (C=O) groups is 2. The Morgan fingerprint density at radius 2 is 1.78 bits per heavy atom. The van der Waals surface area contributed by atoms with E-state index in [0.29, 0.717) is 12.8 Å². The van der Waals surface area contributed by atoms with E-state index in [1.54, 1.807) is 12.1 Å². The Hall–Kier alpha value is -2.09. The fourth-order valence-electron chi connectivity index (χ4n) is 2.50. The third-order valence-electron chi connectivity index (χ3n) is 4.28. The number of carboxylic acids is 1. The third-order valence-corrected chi connectivity index (χ3v) is 6.40. The van der Waals surface area contributed by atoms with Crippen LogP contribution in [0.1, 0.15) is 35.2 Å². The van der Waals surface area contributed by atoms with Gasteiger partial charge in [0.15, 0.2) is 9.84 Å². The normalized spacial score (nSPS) is 16.2. The number of hydrogen-bond acceptors (Lipinski definition) is 4. The van der Waals surface area contributed by atoms with Crippen LogP contribution in [0.15, 0.2) is 24.3 Å². The summed E-state index contributed by atoms with van der Waals surface area (Å²) in [6, 6.07) is 5.72. The van der Waals surface area contributed by atoms with Crippen LogP contribution in [0, 0.1) is 0 Å². The molecule has 1 aliphatic rings. The predicted molar refractivity (Wildman–Crippen MR) is 85.1 cm³/mol. The number of aromatic carboxylic acids is 1. The quantitative estimate of drug-likeness (QED) is 0.719. The van der Waals surface area contributed by atoms with E-state index in [0.717, 1.165) is 12.0 Å². The molecule has 7 nitrogen and oxygen atoms in total. The molecule has 1 aliphatic carbocycles. The highest BCUT2D eigenvalue weighted by molar-refractivity contribution is 7.92. The lowest BCUT2D eigenvalue weighted by Crippen LogP contribution is -2.54. The van der Waals surface area contributed by atoms with Crippen LogP contribution in [0.5, 0.6) is 0 Å². The minimum Gasteiger partial charge on any atom is -0.478 e. The van der Waals surface area contributed by atoms with Crippen molar-refractivity contribution in [2.24, 2.45) is 0 Å². The van der Waals surface area contributed by atoms with Gasteiger partial charge in [0, 0.05) is 19.3 Å². The minimum atomic E-state index is -3.20. The Bertz CT molecular complexity index is 693. The summed E-state index contributed by atoms with van der Waals surface area (Å²) in [6.07, 6.45) is 3.20. The molecule has 0 heterocycles. The molecule has 0 saturated heterocycles. The van der Waals surface area contributed by atoms with Crippen LogP contribution >= 0.6 is 0 Å². The van der Waals surface area contributed by atoms with Crippen LogP contribution in [0.25, 0.3) is 0 Å². The first kappa shape index (κ1) is 17.3. The van der Waals surface area contributed by atoms with Gasteiger partial charge in [-0.05, 0) is 30.5 Å². The molecular formula is C15H20N2O5S. The van der Waals surface area contributed by atoms with E-state index in [-0.39, 0.29) is 18.7 Å². The monoisotopic (exact) mass is 340 g/mol. The Morgan fingerprint density at radius 1 is 1.17 bits per heavy atom. The largest absolute Gasteiger partial charge is 0.478 e. The van der Waals surface area contributed by atoms with Gasteiger partial charge in [-0.3, -0.25) is 0 Å². The number of carboxylic acid groups (broad SMARTS) is 1. The van der Waals surface area contributed by atoms with Gasteiger partial charge in [-0.15, -0.1) is 0 Å². The van der Waals surface area contributed by atoms with Gasteiger partial charge in [-0.2, -0.15) is 0 Å². The topological polar surface area (TPSA) is 113 Å². The van der Waals surface area contributed by atoms with Gasteiger partial charge in [-0.25, -0.2) is 18.0 Å². The molecule has 1 aromatic carbocycles. The van der Waals surface area contributed by atoms with Crippen molar-refractivity contribution in [3.05, 3.63) is 35.4 Å². The zero-order valence-electron chi connectivity index (χ0n) is 12.8. The van der Waals surface area contributed by atoms with Gasteiger partial charge in [0.25, 0.3) is 0 Å². The van der Waals surface area contributed by atoms with E-state index in [2.05, 4.69) is 10.6 Å². The van der Waals surface area contributed by atoms with Crippen LogP contribution in [-0.2, 0) is 16.4 Å². The van der Waals surface area contributed by atoms with E-state index in [1.165, 1.54) is 18.4 Å². The van der Waals surface area contributed by atoms with Crippen molar-refractivity contribution in [3.8, 4) is 0 Å². The molecule has 126 valence electrons. The molecule has 0 unspecified atom stereocenters. The molecule has 1 aromatic rings. The number of benzene rings is 1. The number of nitrogens with one attached hydrogen (secondary N) is 2. The standard InChI is InChI=1S/C15H20N2O5S/c1-23(21,22)15(7-2-8-15)10-17-14(20)16-9-11-3-5-12(6-4-11)13(18)19/h3-6H,2,7-10H2,1H3,(H,18,19)(H2,16,17,20). The predicted octanol–water partition coefficient (Wildman–Crippen LogP) is 1.15. The molecule has 2 amide bonds. The molecule has 0 atom stereocenters. The number of carbonyl (C=O) groups excluding carboxylic acids is 1. The van der Waals surface area contributed by atoms with E-state index in [9.17, 15) is 18.0 Å². The first-order chi connectivity index (χ1) is 10.7. The third kappa shape index (κ3) is 4.01. The lowest BCUT2D eigenvalue weighted by atomic mass is 9.84. The summed E-state index contributed by atoms with van der Waals surface area (Å²) in [6.45, 7) is 0.341. The smallest absolute Gasteiger partial charge is 0.335 e. The SMILES string of the molecule is CS(=O)(=O)C1(CNC(=O)NCc2ccc(C(=O)O)cc2)CCC1. The van der Waals surface area contributed by atoms with E-state index < -0.39 is 26.6 Å². The Balaban J connectivity index is 1.82. The lowest BCUT2D eigenvalue weighted by molar-refractivity contribution is 0.0697. The molecule has 0 bridgehead atoms. The number of amides is 2. The summed E-state index contributed by atoms with van der Waals surface area (Å²) in [5.74, 6) is -1.01. The second-order valence-corrected chi connectivity index (χ2v) is 8.26. The zero-order chi connectivity index (χ0) is 17.1. The van der Waals surface area contributed by atoms with Crippen molar-refractivity contribution in [2.75, 3.05) is 12.8 Å². The van der Waals surface area contributed by atoms with Crippen molar-refractivity contribution >= 4 is 21.8 Å². The average molecular weight is 340 g/mol. The van der Waals surface area contributed by atoms with Gasteiger partial charge >= 0.3 is 12.0 Å². The molecule has 0 spiro atoms. The van der Waals surface area contributed by atoms with E-state index in [1.807, 2.05) is 0 Å². The van der Waals surface area contributed by atoms with Crippen LogP contribution < -0.4 is 10.6 Å². The number of rotatable bonds is 6. The maximum Gasteiger partial charge on any atom is 0.335 e. The van der Waals surface area contributed by atoms with Gasteiger partial charge in [0.2, 0.25) is 0 Å². The first-order valence-electron chi connectivity index (χ1n) is 7.27. The summed E-state index contributed by atoms with van der Waals surface area (Å²) < 4.78 is 22.8. The van der Waals surface area contributed by atoms with Crippen LogP contribution in [0.3, 0.4) is 0 Å². The van der Waals surface area contributed by atoms with Crippen molar-refractivity contribution in [2.45, 2.75) is 30.6 Å². The molecular weight excluding hydrogens is 320 g/mol. The number of sulfone groups is 1. The Morgan fingerprint density at radius 3 is 2.22 bits per heavy atom. The number of hydrogen-bond donors (Lipinski definition) is 3. The molecule has 0 radical (unpaired) electrons. The molecule has 2 rings (SSSR count). The summed E-state index contributed by atoms with van der Waals surface area (Å²) in [7, 11) is -3.20. The van der Waals surface area contributed by atoms with Gasteiger partial charge in [0.05, 0.1) is 10.3 Å². The average Bonchev–Trinajstić information content (AvgIpc) is 2.42. The Labute approximate surface area is 135 Å². The zero-order valence-corrected chi connectivity index (χ0v) is 13.6. The van der Waals surface area contributed by atoms with Gasteiger partial charge in [0.1, 0.15) is 0 Å². The molecule has 8 heteroatoms. The molecule has 1 saturated carbocycles. The maximum absolute atomic E-state index is 11.8. The van der Waals surface area contributed by atoms with Crippen LogP contribution in [0.2, 0.25) is 0 Å². The fourth-order valence-corrected chi connectivity index (χ4v) is 3.87. The maximum atomic E-state index is 11.8. The van der Waals surface area contributed by atoms with Crippen molar-refractivity contribution in [1.29, 1.82) is 0 Å². The molecule has 3 N–H and O–H groups in total. The van der Waals surface area contributed by atoms with E-state index in [4.69, 9.17) is 5.11 Å². The van der Waals surface area contributed by atoms with E-state index >= 15 is 0 Å². The van der Waals surface area contributed by atoms with Crippen molar-refractivity contribution < 1.29 is 23.1 Å². The summed E-state index contributed by atoms with van der Waals surface area (Å²) in [5.41, 5.74) is 0.935. The van der Waals surface area contributed by atoms with Crippen molar-refractivity contribution in [1.82, 2.24) is 10.6 Å². The molecule has 23 heavy (non-hydrogen) atoms. The lowest BCUT2D eigenvalue weighted by Gasteiger charge is -2.39. The van der Waals surface area contributed by atoms with Crippen LogP contribution in [-0.4, -0.2) is 43.1 Å². The highest BCUT2D eigenvalue weighted by Gasteiger charge is 2.46. The molecule has 0 aliphatic heterocycles.